The molecule has 0 bridgehead atoms. The van der Waals surface area contributed by atoms with Gasteiger partial charge in [0.2, 0.25) is 0 Å². The highest BCUT2D eigenvalue weighted by Gasteiger charge is 2.17. The summed E-state index contributed by atoms with van der Waals surface area (Å²) in [6, 6.07) is 0. The van der Waals surface area contributed by atoms with E-state index >= 15 is 0 Å². The van der Waals surface area contributed by atoms with Crippen LogP contribution in [0.15, 0.2) is 72.9 Å². The van der Waals surface area contributed by atoms with Crippen LogP contribution in [0.1, 0.15) is 239 Å². The Morgan fingerprint density at radius 2 is 0.750 bits per heavy atom. The van der Waals surface area contributed by atoms with Crippen LogP contribution in [-0.2, 0) is 23.8 Å². The quantitative estimate of drug-likeness (QED) is 0.0347. The first-order valence-corrected chi connectivity index (χ1v) is 25.5. The fourth-order valence-corrected chi connectivity index (χ4v) is 6.94. The van der Waals surface area contributed by atoms with Crippen LogP contribution in [0.5, 0.6) is 0 Å². The fourth-order valence-electron chi connectivity index (χ4n) is 6.94. The minimum Gasteiger partial charge on any atom is -0.462 e. The van der Waals surface area contributed by atoms with E-state index in [9.17, 15) is 9.59 Å². The Hall–Kier alpha value is -2.66. The molecule has 0 aliphatic carbocycles. The molecule has 0 fully saturated rings. The van der Waals surface area contributed by atoms with Gasteiger partial charge in [-0.2, -0.15) is 0 Å². The second-order valence-electron chi connectivity index (χ2n) is 16.7. The first kappa shape index (κ1) is 57.3. The van der Waals surface area contributed by atoms with Gasteiger partial charge in [-0.1, -0.05) is 209 Å². The first-order chi connectivity index (χ1) is 29.6. The van der Waals surface area contributed by atoms with Crippen molar-refractivity contribution < 1.29 is 23.8 Å². The van der Waals surface area contributed by atoms with Crippen LogP contribution in [0, 0.1) is 0 Å². The van der Waals surface area contributed by atoms with Crippen molar-refractivity contribution in [3.05, 3.63) is 72.9 Å². The van der Waals surface area contributed by atoms with E-state index in [0.29, 0.717) is 19.4 Å². The van der Waals surface area contributed by atoms with Gasteiger partial charge in [0.1, 0.15) is 6.61 Å². The molecule has 0 radical (unpaired) electrons. The second kappa shape index (κ2) is 50.7. The summed E-state index contributed by atoms with van der Waals surface area (Å²) < 4.78 is 17.3. The van der Waals surface area contributed by atoms with Gasteiger partial charge in [-0.15, -0.1) is 0 Å². The van der Waals surface area contributed by atoms with E-state index in [4.69, 9.17) is 14.2 Å². The lowest BCUT2D eigenvalue weighted by molar-refractivity contribution is -0.163. The minimum absolute atomic E-state index is 0.0661. The van der Waals surface area contributed by atoms with E-state index in [0.717, 1.165) is 96.3 Å². The lowest BCUT2D eigenvalue weighted by Crippen LogP contribution is -2.30. The number of unbranched alkanes of at least 4 members (excludes halogenated alkanes) is 23. The van der Waals surface area contributed by atoms with Gasteiger partial charge in [0, 0.05) is 19.4 Å². The zero-order valence-corrected chi connectivity index (χ0v) is 39.7. The van der Waals surface area contributed by atoms with Crippen molar-refractivity contribution in [2.45, 2.75) is 245 Å². The van der Waals surface area contributed by atoms with Gasteiger partial charge in [-0.25, -0.2) is 0 Å². The summed E-state index contributed by atoms with van der Waals surface area (Å²) in [6.45, 7) is 7.65. The molecule has 5 heteroatoms. The van der Waals surface area contributed by atoms with E-state index < -0.39 is 6.10 Å². The van der Waals surface area contributed by atoms with Gasteiger partial charge >= 0.3 is 11.9 Å². The lowest BCUT2D eigenvalue weighted by Gasteiger charge is -2.18. The van der Waals surface area contributed by atoms with Crippen molar-refractivity contribution in [1.82, 2.24) is 0 Å². The van der Waals surface area contributed by atoms with Gasteiger partial charge in [0.05, 0.1) is 6.61 Å². The fraction of sp³-hybridized carbons (Fsp3) is 0.745. The molecule has 0 aliphatic heterocycles. The third-order valence-electron chi connectivity index (χ3n) is 10.7. The van der Waals surface area contributed by atoms with Gasteiger partial charge in [-0.3, -0.25) is 9.59 Å². The molecule has 0 spiro atoms. The number of hydrogen-bond acceptors (Lipinski definition) is 5. The summed E-state index contributed by atoms with van der Waals surface area (Å²) in [5, 5.41) is 0. The highest BCUT2D eigenvalue weighted by atomic mass is 16.6. The molecule has 0 rings (SSSR count). The summed E-state index contributed by atoms with van der Waals surface area (Å²) in [5.74, 6) is -0.442. The summed E-state index contributed by atoms with van der Waals surface area (Å²) in [6.07, 6.45) is 64.8. The van der Waals surface area contributed by atoms with Crippen molar-refractivity contribution in [3.8, 4) is 0 Å². The largest absolute Gasteiger partial charge is 0.462 e. The number of esters is 2. The highest BCUT2D eigenvalue weighted by molar-refractivity contribution is 5.70. The number of rotatable bonds is 46. The molecule has 0 saturated carbocycles. The van der Waals surface area contributed by atoms with E-state index in [1.165, 1.54) is 109 Å². The summed E-state index contributed by atoms with van der Waals surface area (Å²) in [5.41, 5.74) is 0. The molecular formula is C55H96O5. The van der Waals surface area contributed by atoms with Crippen LogP contribution in [0.4, 0.5) is 0 Å². The van der Waals surface area contributed by atoms with E-state index in [2.05, 4.69) is 93.7 Å². The molecular weight excluding hydrogens is 741 g/mol. The molecule has 0 aliphatic rings. The van der Waals surface area contributed by atoms with Crippen molar-refractivity contribution >= 4 is 11.9 Å². The molecule has 0 aromatic carbocycles. The topological polar surface area (TPSA) is 61.8 Å². The van der Waals surface area contributed by atoms with E-state index in [-0.39, 0.29) is 25.2 Å². The second-order valence-corrected chi connectivity index (χ2v) is 16.7. The standard InChI is InChI=1S/C55H96O5/c1-4-7-10-13-16-19-22-25-26-27-28-29-30-32-33-36-39-42-45-48-54(56)59-52-53(51-58-50-47-44-41-38-35-24-21-18-15-12-9-6-3)60-55(57)49-46-43-40-37-34-31-23-20-17-14-11-8-5-2/h8,11,16-17,19-20,25-26,28-29,31,34,53H,4-7,9-10,12-15,18,21-24,27,30,32-33,35-52H2,1-3H3/b11-8-,19-16-,20-17-,26-25-,29-28-,34-31-. The van der Waals surface area contributed by atoms with Gasteiger partial charge < -0.3 is 14.2 Å². The van der Waals surface area contributed by atoms with Crippen molar-refractivity contribution in [3.63, 3.8) is 0 Å². The molecule has 0 aromatic heterocycles. The lowest BCUT2D eigenvalue weighted by atomic mass is 10.1. The maximum atomic E-state index is 12.8. The van der Waals surface area contributed by atoms with Crippen molar-refractivity contribution in [2.75, 3.05) is 19.8 Å². The third kappa shape index (κ3) is 48.0. The molecule has 0 heterocycles. The Kier molecular flexibility index (Phi) is 48.4. The molecule has 0 saturated heterocycles. The molecule has 0 aromatic rings. The first-order valence-electron chi connectivity index (χ1n) is 25.5. The smallest absolute Gasteiger partial charge is 0.306 e. The highest BCUT2D eigenvalue weighted by Crippen LogP contribution is 2.14. The predicted octanol–water partition coefficient (Wildman–Crippen LogP) is 17.1. The predicted molar refractivity (Wildman–Crippen MR) is 260 cm³/mol. The molecule has 60 heavy (non-hydrogen) atoms. The van der Waals surface area contributed by atoms with Crippen LogP contribution >= 0.6 is 0 Å². The van der Waals surface area contributed by atoms with Crippen LogP contribution in [0.2, 0.25) is 0 Å². The maximum absolute atomic E-state index is 12.8. The Labute approximate surface area is 372 Å². The van der Waals surface area contributed by atoms with Crippen molar-refractivity contribution in [2.24, 2.45) is 0 Å². The monoisotopic (exact) mass is 837 g/mol. The Morgan fingerprint density at radius 1 is 0.383 bits per heavy atom. The number of ether oxygens (including phenoxy) is 3. The average molecular weight is 837 g/mol. The summed E-state index contributed by atoms with van der Waals surface area (Å²) >= 11 is 0. The SMILES string of the molecule is CC/C=C\C/C=C\C/C=C\CCCCCC(=O)OC(COCCCCCCCCCCCCCC)COC(=O)CCCCCCCC/C=C\C/C=C\C/C=C\CCCCC. The molecule has 5 nitrogen and oxygen atoms in total. The maximum Gasteiger partial charge on any atom is 0.306 e. The summed E-state index contributed by atoms with van der Waals surface area (Å²) in [7, 11) is 0. The van der Waals surface area contributed by atoms with Crippen LogP contribution in [0.3, 0.4) is 0 Å². The number of hydrogen-bond donors (Lipinski definition) is 0. The molecule has 0 N–H and O–H groups in total. The third-order valence-corrected chi connectivity index (χ3v) is 10.7. The molecule has 346 valence electrons. The zero-order valence-electron chi connectivity index (χ0n) is 39.7. The number of carbonyl (C=O) groups is 2. The zero-order chi connectivity index (χ0) is 43.5. The van der Waals surface area contributed by atoms with Crippen LogP contribution in [-0.4, -0.2) is 37.9 Å². The molecule has 1 atom stereocenters. The Bertz CT molecular complexity index is 1080. The van der Waals surface area contributed by atoms with Gasteiger partial charge in [-0.05, 0) is 89.9 Å². The summed E-state index contributed by atoms with van der Waals surface area (Å²) in [4.78, 5) is 25.3. The Morgan fingerprint density at radius 3 is 1.25 bits per heavy atom. The normalized spacial score (nSPS) is 12.8. The van der Waals surface area contributed by atoms with Crippen LogP contribution < -0.4 is 0 Å². The molecule has 0 amide bonds. The van der Waals surface area contributed by atoms with Crippen molar-refractivity contribution in [1.29, 1.82) is 0 Å². The van der Waals surface area contributed by atoms with Gasteiger partial charge in [0.15, 0.2) is 6.10 Å². The number of allylic oxidation sites excluding steroid dienone is 12. The average Bonchev–Trinajstić information content (AvgIpc) is 3.25. The van der Waals surface area contributed by atoms with E-state index in [1.807, 2.05) is 0 Å². The van der Waals surface area contributed by atoms with Crippen LogP contribution in [0.25, 0.3) is 0 Å². The Balaban J connectivity index is 4.29. The van der Waals surface area contributed by atoms with Gasteiger partial charge in [0.25, 0.3) is 0 Å². The molecule has 1 unspecified atom stereocenters. The minimum atomic E-state index is -0.556. The number of carbonyl (C=O) groups excluding carboxylic acids is 2. The van der Waals surface area contributed by atoms with E-state index in [1.54, 1.807) is 0 Å².